The SMILES string of the molecule is CCc1ccc(-c2cccc(OCc3ccc(Cl)cc3F)n2)cc1. The fourth-order valence-electron chi connectivity index (χ4n) is 2.36. The van der Waals surface area contributed by atoms with E-state index in [-0.39, 0.29) is 12.4 Å². The smallest absolute Gasteiger partial charge is 0.214 e. The van der Waals surface area contributed by atoms with Gasteiger partial charge in [-0.1, -0.05) is 54.9 Å². The number of ether oxygens (including phenoxy) is 1. The van der Waals surface area contributed by atoms with Crippen LogP contribution in [0.2, 0.25) is 5.02 Å². The zero-order valence-corrected chi connectivity index (χ0v) is 14.1. The molecule has 0 saturated carbocycles. The van der Waals surface area contributed by atoms with Crippen LogP contribution in [0.1, 0.15) is 18.1 Å². The van der Waals surface area contributed by atoms with Gasteiger partial charge < -0.3 is 4.74 Å². The molecule has 2 aromatic carbocycles. The van der Waals surface area contributed by atoms with Crippen molar-refractivity contribution >= 4 is 11.6 Å². The van der Waals surface area contributed by atoms with Crippen molar-refractivity contribution in [2.45, 2.75) is 20.0 Å². The Balaban J connectivity index is 1.75. The Bertz CT molecular complexity index is 833. The van der Waals surface area contributed by atoms with E-state index in [9.17, 15) is 4.39 Å². The van der Waals surface area contributed by atoms with Gasteiger partial charge in [0.05, 0.1) is 5.69 Å². The molecule has 0 atom stereocenters. The topological polar surface area (TPSA) is 22.1 Å². The van der Waals surface area contributed by atoms with E-state index in [4.69, 9.17) is 16.3 Å². The molecule has 1 aromatic heterocycles. The summed E-state index contributed by atoms with van der Waals surface area (Å²) >= 11 is 5.75. The fourth-order valence-corrected chi connectivity index (χ4v) is 2.52. The first-order chi connectivity index (χ1) is 11.7. The van der Waals surface area contributed by atoms with E-state index in [1.54, 1.807) is 18.2 Å². The van der Waals surface area contributed by atoms with Gasteiger partial charge in [0.15, 0.2) is 0 Å². The van der Waals surface area contributed by atoms with Crippen LogP contribution >= 0.6 is 11.6 Å². The van der Waals surface area contributed by atoms with E-state index in [0.717, 1.165) is 17.7 Å². The van der Waals surface area contributed by atoms with Gasteiger partial charge in [0.25, 0.3) is 0 Å². The molecule has 0 amide bonds. The van der Waals surface area contributed by atoms with Crippen molar-refractivity contribution in [3.63, 3.8) is 0 Å². The highest BCUT2D eigenvalue weighted by atomic mass is 35.5. The summed E-state index contributed by atoms with van der Waals surface area (Å²) in [5.74, 6) is 0.0789. The van der Waals surface area contributed by atoms with Crippen LogP contribution < -0.4 is 4.74 Å². The van der Waals surface area contributed by atoms with Crippen molar-refractivity contribution in [1.29, 1.82) is 0 Å². The monoisotopic (exact) mass is 341 g/mol. The summed E-state index contributed by atoms with van der Waals surface area (Å²) in [6, 6.07) is 18.4. The van der Waals surface area contributed by atoms with E-state index in [0.29, 0.717) is 16.5 Å². The number of aryl methyl sites for hydroxylation is 1. The Morgan fingerprint density at radius 1 is 1.04 bits per heavy atom. The first-order valence-electron chi connectivity index (χ1n) is 7.79. The van der Waals surface area contributed by atoms with Crippen molar-refractivity contribution < 1.29 is 9.13 Å². The second-order valence-electron chi connectivity index (χ2n) is 5.44. The molecule has 0 fully saturated rings. The van der Waals surface area contributed by atoms with E-state index in [1.807, 2.05) is 24.3 Å². The minimum atomic E-state index is -0.381. The molecule has 3 rings (SSSR count). The molecule has 4 heteroatoms. The van der Waals surface area contributed by atoms with Gasteiger partial charge in [0, 0.05) is 22.2 Å². The van der Waals surface area contributed by atoms with Crippen LogP contribution in [0, 0.1) is 5.82 Å². The van der Waals surface area contributed by atoms with Gasteiger partial charge in [-0.05, 0) is 30.2 Å². The van der Waals surface area contributed by atoms with Gasteiger partial charge in [-0.3, -0.25) is 0 Å². The van der Waals surface area contributed by atoms with Crippen LogP contribution in [0.15, 0.2) is 60.7 Å². The summed E-state index contributed by atoms with van der Waals surface area (Å²) in [5.41, 5.74) is 3.57. The van der Waals surface area contributed by atoms with Crippen LogP contribution in [0.5, 0.6) is 5.88 Å². The maximum Gasteiger partial charge on any atom is 0.214 e. The van der Waals surface area contributed by atoms with Gasteiger partial charge >= 0.3 is 0 Å². The normalized spacial score (nSPS) is 10.6. The molecule has 24 heavy (non-hydrogen) atoms. The molecule has 0 aliphatic carbocycles. The highest BCUT2D eigenvalue weighted by Gasteiger charge is 2.06. The zero-order chi connectivity index (χ0) is 16.9. The third kappa shape index (κ3) is 3.92. The summed E-state index contributed by atoms with van der Waals surface area (Å²) in [6.45, 7) is 2.23. The molecule has 0 aliphatic rings. The van der Waals surface area contributed by atoms with Gasteiger partial charge in [0.2, 0.25) is 5.88 Å². The number of halogens is 2. The number of aromatic nitrogens is 1. The number of hydrogen-bond acceptors (Lipinski definition) is 2. The van der Waals surface area contributed by atoms with Crippen molar-refractivity contribution in [3.8, 4) is 17.1 Å². The Kier molecular flexibility index (Phi) is 5.11. The number of rotatable bonds is 5. The summed E-state index contributed by atoms with van der Waals surface area (Å²) in [7, 11) is 0. The summed E-state index contributed by atoms with van der Waals surface area (Å²) in [5, 5.41) is 0.367. The molecule has 0 saturated heterocycles. The number of nitrogens with zero attached hydrogens (tertiary/aromatic N) is 1. The molecule has 1 heterocycles. The van der Waals surface area contributed by atoms with Crippen molar-refractivity contribution in [2.24, 2.45) is 0 Å². The van der Waals surface area contributed by atoms with Crippen molar-refractivity contribution in [1.82, 2.24) is 4.98 Å². The Hall–Kier alpha value is -2.39. The Labute approximate surface area is 145 Å². The van der Waals surface area contributed by atoms with Crippen LogP contribution in [-0.2, 0) is 13.0 Å². The molecule has 3 aromatic rings. The minimum Gasteiger partial charge on any atom is -0.473 e. The van der Waals surface area contributed by atoms with Crippen LogP contribution in [-0.4, -0.2) is 4.98 Å². The zero-order valence-electron chi connectivity index (χ0n) is 13.3. The molecule has 0 bridgehead atoms. The summed E-state index contributed by atoms with van der Waals surface area (Å²) < 4.78 is 19.4. The fraction of sp³-hybridized carbons (Fsp3) is 0.150. The molecule has 122 valence electrons. The molecular formula is C20H17ClFNO. The Morgan fingerprint density at radius 2 is 1.83 bits per heavy atom. The number of pyridine rings is 1. The highest BCUT2D eigenvalue weighted by molar-refractivity contribution is 6.30. The van der Waals surface area contributed by atoms with E-state index in [1.165, 1.54) is 11.6 Å². The van der Waals surface area contributed by atoms with Crippen LogP contribution in [0.3, 0.4) is 0 Å². The first-order valence-corrected chi connectivity index (χ1v) is 8.16. The van der Waals surface area contributed by atoms with Crippen LogP contribution in [0.25, 0.3) is 11.3 Å². The van der Waals surface area contributed by atoms with Gasteiger partial charge in [-0.15, -0.1) is 0 Å². The first kappa shape index (κ1) is 16.5. The summed E-state index contributed by atoms with van der Waals surface area (Å²) in [4.78, 5) is 4.49. The molecular weight excluding hydrogens is 325 g/mol. The lowest BCUT2D eigenvalue weighted by Gasteiger charge is -2.08. The third-order valence-corrected chi connectivity index (χ3v) is 4.01. The number of hydrogen-bond donors (Lipinski definition) is 0. The van der Waals surface area contributed by atoms with Gasteiger partial charge in [-0.25, -0.2) is 9.37 Å². The highest BCUT2D eigenvalue weighted by Crippen LogP contribution is 2.22. The lowest BCUT2D eigenvalue weighted by atomic mass is 10.1. The van der Waals surface area contributed by atoms with Crippen molar-refractivity contribution in [3.05, 3.63) is 82.6 Å². The lowest BCUT2D eigenvalue weighted by Crippen LogP contribution is -2.00. The predicted molar refractivity (Wildman–Crippen MR) is 94.8 cm³/mol. The third-order valence-electron chi connectivity index (χ3n) is 3.77. The molecule has 0 aliphatic heterocycles. The van der Waals surface area contributed by atoms with E-state index >= 15 is 0 Å². The maximum atomic E-state index is 13.8. The van der Waals surface area contributed by atoms with E-state index < -0.39 is 0 Å². The average molecular weight is 342 g/mol. The Morgan fingerprint density at radius 3 is 2.54 bits per heavy atom. The van der Waals surface area contributed by atoms with Gasteiger partial charge in [-0.2, -0.15) is 0 Å². The summed E-state index contributed by atoms with van der Waals surface area (Å²) in [6.07, 6.45) is 1.00. The second-order valence-corrected chi connectivity index (χ2v) is 5.87. The minimum absolute atomic E-state index is 0.105. The van der Waals surface area contributed by atoms with Gasteiger partial charge in [0.1, 0.15) is 12.4 Å². The quantitative estimate of drug-likeness (QED) is 0.595. The van der Waals surface area contributed by atoms with E-state index in [2.05, 4.69) is 24.0 Å². The molecule has 0 radical (unpaired) electrons. The van der Waals surface area contributed by atoms with Crippen LogP contribution in [0.4, 0.5) is 4.39 Å². The largest absolute Gasteiger partial charge is 0.473 e. The molecule has 2 nitrogen and oxygen atoms in total. The number of benzene rings is 2. The molecule has 0 spiro atoms. The van der Waals surface area contributed by atoms with Crippen molar-refractivity contribution in [2.75, 3.05) is 0 Å². The average Bonchev–Trinajstić information content (AvgIpc) is 2.61. The standard InChI is InChI=1S/C20H17ClFNO/c1-2-14-6-8-15(9-7-14)19-4-3-5-20(23-19)24-13-16-10-11-17(21)12-18(16)22/h3-12H,2,13H2,1H3. The molecule has 0 N–H and O–H groups in total. The molecule has 0 unspecified atom stereocenters. The predicted octanol–water partition coefficient (Wildman–Crippen LogP) is 5.68. The maximum absolute atomic E-state index is 13.8. The second kappa shape index (κ2) is 7.45. The lowest BCUT2D eigenvalue weighted by molar-refractivity contribution is 0.288.